The first-order valence-electron chi connectivity index (χ1n) is 8.82. The molecule has 4 nitrogen and oxygen atoms in total. The molecule has 0 bridgehead atoms. The van der Waals surface area contributed by atoms with Crippen molar-refractivity contribution < 1.29 is 13.2 Å². The molecule has 0 N–H and O–H groups in total. The molecule has 0 aliphatic heterocycles. The summed E-state index contributed by atoms with van der Waals surface area (Å²) < 4.78 is 41.1. The van der Waals surface area contributed by atoms with E-state index in [0.29, 0.717) is 11.4 Å². The van der Waals surface area contributed by atoms with Gasteiger partial charge in [-0.15, -0.1) is 11.8 Å². The van der Waals surface area contributed by atoms with E-state index < -0.39 is 17.4 Å². The minimum atomic E-state index is -4.66. The fourth-order valence-electron chi connectivity index (χ4n) is 2.84. The maximum absolute atomic E-state index is 13.5. The first-order chi connectivity index (χ1) is 13.1. The third kappa shape index (κ3) is 4.78. The van der Waals surface area contributed by atoms with Gasteiger partial charge in [0.25, 0.3) is 5.56 Å². The molecular formula is C19H21ClF3N3OS. The number of aromatic nitrogens is 2. The third-order valence-corrected chi connectivity index (χ3v) is 5.23. The lowest BCUT2D eigenvalue weighted by Crippen LogP contribution is -2.29. The summed E-state index contributed by atoms with van der Waals surface area (Å²) in [5.41, 5.74) is -0.540. The first-order valence-corrected chi connectivity index (χ1v) is 10.2. The number of aliphatic imine (C=N–C) groups is 1. The summed E-state index contributed by atoms with van der Waals surface area (Å²) in [6.45, 7) is 6.78. The molecule has 0 aliphatic rings. The molecule has 2 heterocycles. The Morgan fingerprint density at radius 3 is 2.50 bits per heavy atom. The molecule has 152 valence electrons. The highest BCUT2D eigenvalue weighted by atomic mass is 35.5. The van der Waals surface area contributed by atoms with Crippen LogP contribution < -0.4 is 5.56 Å². The van der Waals surface area contributed by atoms with Gasteiger partial charge in [-0.05, 0) is 44.2 Å². The zero-order valence-corrected chi connectivity index (χ0v) is 17.6. The van der Waals surface area contributed by atoms with E-state index >= 15 is 0 Å². The molecule has 0 atom stereocenters. The second-order valence-corrected chi connectivity index (χ2v) is 7.60. The van der Waals surface area contributed by atoms with Crippen LogP contribution in [-0.2, 0) is 19.1 Å². The predicted octanol–water partition coefficient (Wildman–Crippen LogP) is 5.75. The molecule has 0 saturated carbocycles. The highest BCUT2D eigenvalue weighted by Crippen LogP contribution is 2.33. The number of hydrogen-bond acceptors (Lipinski definition) is 4. The van der Waals surface area contributed by atoms with Crippen molar-refractivity contribution in [1.82, 2.24) is 9.55 Å². The number of rotatable bonds is 6. The Morgan fingerprint density at radius 2 is 1.96 bits per heavy atom. The van der Waals surface area contributed by atoms with Crippen LogP contribution in [0.1, 0.15) is 44.6 Å². The van der Waals surface area contributed by atoms with Gasteiger partial charge in [-0.25, -0.2) is 4.98 Å². The minimum absolute atomic E-state index is 0.0104. The van der Waals surface area contributed by atoms with Gasteiger partial charge in [0.05, 0.1) is 17.1 Å². The van der Waals surface area contributed by atoms with E-state index in [2.05, 4.69) is 9.98 Å². The molecule has 9 heteroatoms. The summed E-state index contributed by atoms with van der Waals surface area (Å²) in [6, 6.07) is 4.39. The first kappa shape index (κ1) is 22.5. The van der Waals surface area contributed by atoms with Crippen LogP contribution in [0.15, 0.2) is 32.9 Å². The summed E-state index contributed by atoms with van der Waals surface area (Å²) in [5.74, 6) is 0.786. The molecular weight excluding hydrogens is 411 g/mol. The maximum Gasteiger partial charge on any atom is 0.431 e. The monoisotopic (exact) mass is 431 g/mol. The maximum atomic E-state index is 13.5. The second kappa shape index (κ2) is 9.13. The van der Waals surface area contributed by atoms with Gasteiger partial charge in [0.2, 0.25) is 0 Å². The summed E-state index contributed by atoms with van der Waals surface area (Å²) in [6.07, 6.45) is -4.39. The van der Waals surface area contributed by atoms with Gasteiger partial charge in [0.15, 0.2) is 0 Å². The van der Waals surface area contributed by atoms with E-state index in [9.17, 15) is 18.0 Å². The molecule has 0 amide bonds. The van der Waals surface area contributed by atoms with Gasteiger partial charge >= 0.3 is 6.18 Å². The lowest BCUT2D eigenvalue weighted by Gasteiger charge is -2.17. The van der Waals surface area contributed by atoms with Crippen LogP contribution in [0.4, 0.5) is 18.9 Å². The second-order valence-electron chi connectivity index (χ2n) is 5.91. The van der Waals surface area contributed by atoms with Crippen molar-refractivity contribution in [2.75, 3.05) is 5.75 Å². The van der Waals surface area contributed by atoms with Gasteiger partial charge in [0, 0.05) is 17.0 Å². The highest BCUT2D eigenvalue weighted by Gasteiger charge is 2.35. The quantitative estimate of drug-likeness (QED) is 0.332. The van der Waals surface area contributed by atoms with Crippen LogP contribution in [0.2, 0.25) is 5.15 Å². The Labute approximate surface area is 170 Å². The van der Waals surface area contributed by atoms with Crippen molar-refractivity contribution in [3.63, 3.8) is 0 Å². The fourth-order valence-corrected chi connectivity index (χ4v) is 3.80. The summed E-state index contributed by atoms with van der Waals surface area (Å²) in [4.78, 5) is 22.1. The van der Waals surface area contributed by atoms with E-state index in [0.717, 1.165) is 21.3 Å². The lowest BCUT2D eigenvalue weighted by atomic mass is 10.1. The van der Waals surface area contributed by atoms with Gasteiger partial charge < -0.3 is 4.57 Å². The lowest BCUT2D eigenvalue weighted by molar-refractivity contribution is -0.144. The number of hydrogen-bond donors (Lipinski definition) is 0. The molecule has 0 aliphatic carbocycles. The van der Waals surface area contributed by atoms with E-state index in [1.807, 2.05) is 6.92 Å². The van der Waals surface area contributed by atoms with Crippen LogP contribution in [0.5, 0.6) is 0 Å². The Kier molecular flexibility index (Phi) is 7.33. The van der Waals surface area contributed by atoms with E-state index in [1.54, 1.807) is 26.0 Å². The molecule has 28 heavy (non-hydrogen) atoms. The van der Waals surface area contributed by atoms with Crippen molar-refractivity contribution in [3.05, 3.63) is 50.7 Å². The predicted molar refractivity (Wildman–Crippen MR) is 108 cm³/mol. The van der Waals surface area contributed by atoms with Crippen LogP contribution in [0.25, 0.3) is 0 Å². The van der Waals surface area contributed by atoms with Crippen LogP contribution in [0, 0.1) is 0 Å². The van der Waals surface area contributed by atoms with Gasteiger partial charge in [-0.3, -0.25) is 9.79 Å². The van der Waals surface area contributed by atoms with Gasteiger partial charge in [-0.2, -0.15) is 13.2 Å². The zero-order chi connectivity index (χ0) is 21.1. The van der Waals surface area contributed by atoms with Crippen molar-refractivity contribution in [2.45, 2.75) is 51.7 Å². The topological polar surface area (TPSA) is 47.2 Å². The Bertz CT molecular complexity index is 955. The van der Waals surface area contributed by atoms with E-state index in [1.165, 1.54) is 18.7 Å². The van der Waals surface area contributed by atoms with Crippen molar-refractivity contribution in [1.29, 1.82) is 0 Å². The Balaban J connectivity index is 2.73. The summed E-state index contributed by atoms with van der Waals surface area (Å²) in [5, 5.41) is 0.262. The average Bonchev–Trinajstić information content (AvgIpc) is 2.62. The molecule has 0 radical (unpaired) electrons. The Hall–Kier alpha value is -1.80. The molecule has 0 fully saturated rings. The van der Waals surface area contributed by atoms with Crippen LogP contribution >= 0.6 is 23.4 Å². The highest BCUT2D eigenvalue weighted by molar-refractivity contribution is 7.99. The number of pyridine rings is 2. The van der Waals surface area contributed by atoms with Crippen molar-refractivity contribution in [2.24, 2.45) is 4.99 Å². The standard InChI is InChI=1S/C19H21ClF3N3OS/c1-5-12-13(10-15(19(21,22)23)26(6-2)18(12)27)24-11(4)17-14(28-7-3)8-9-16(20)25-17/h8-10H,5-7H2,1-4H3. The van der Waals surface area contributed by atoms with Gasteiger partial charge in [0.1, 0.15) is 10.8 Å². The van der Waals surface area contributed by atoms with E-state index in [-0.39, 0.29) is 29.4 Å². The number of thioether (sulfide) groups is 1. The average molecular weight is 432 g/mol. The SMILES string of the molecule is CCSc1ccc(Cl)nc1C(C)=Nc1cc(C(F)(F)F)n(CC)c(=O)c1CC. The number of alkyl halides is 3. The van der Waals surface area contributed by atoms with Crippen LogP contribution in [-0.4, -0.2) is 21.0 Å². The normalized spacial score (nSPS) is 12.5. The molecule has 2 rings (SSSR count). The summed E-state index contributed by atoms with van der Waals surface area (Å²) in [7, 11) is 0. The van der Waals surface area contributed by atoms with E-state index in [4.69, 9.17) is 11.6 Å². The molecule has 0 spiro atoms. The van der Waals surface area contributed by atoms with Crippen molar-refractivity contribution in [3.8, 4) is 0 Å². The number of nitrogens with zero attached hydrogens (tertiary/aromatic N) is 3. The molecule has 0 saturated heterocycles. The Morgan fingerprint density at radius 1 is 1.29 bits per heavy atom. The molecule has 0 unspecified atom stereocenters. The number of halogens is 4. The largest absolute Gasteiger partial charge is 0.431 e. The zero-order valence-electron chi connectivity index (χ0n) is 16.0. The smallest absolute Gasteiger partial charge is 0.304 e. The van der Waals surface area contributed by atoms with Gasteiger partial charge in [-0.1, -0.05) is 25.4 Å². The molecule has 2 aromatic heterocycles. The fraction of sp³-hybridized carbons (Fsp3) is 0.421. The minimum Gasteiger partial charge on any atom is -0.304 e. The molecule has 2 aromatic rings. The molecule has 0 aromatic carbocycles. The van der Waals surface area contributed by atoms with Crippen molar-refractivity contribution >= 4 is 34.8 Å². The third-order valence-electron chi connectivity index (χ3n) is 4.09. The van der Waals surface area contributed by atoms with Crippen LogP contribution in [0.3, 0.4) is 0 Å². The summed E-state index contributed by atoms with van der Waals surface area (Å²) >= 11 is 7.52.